The molecule has 0 bridgehead atoms. The Morgan fingerprint density at radius 3 is 2.33 bits per heavy atom. The molecule has 0 aliphatic heterocycles. The van der Waals surface area contributed by atoms with Gasteiger partial charge in [0.25, 0.3) is 5.91 Å². The third-order valence-corrected chi connectivity index (χ3v) is 3.24. The predicted octanol–water partition coefficient (Wildman–Crippen LogP) is 2.66. The van der Waals surface area contributed by atoms with Gasteiger partial charge in [-0.3, -0.25) is 10.1 Å². The Balaban J connectivity index is 2.74. The zero-order valence-corrected chi connectivity index (χ0v) is 12.7. The fourth-order valence-electron chi connectivity index (χ4n) is 1.26. The molecule has 8 heteroatoms. The standard InChI is InChI=1S/C13H12BrFN2O4/c1-6(7(2)12(19)20)11(18)17-13(21)16-8-3-4-10(15)9(14)5-8/h3-5H,1-2H3,(H,19,20)(H2,16,17,18,21)/b7-6+. The van der Waals surface area contributed by atoms with E-state index >= 15 is 0 Å². The van der Waals surface area contributed by atoms with E-state index in [1.165, 1.54) is 26.0 Å². The van der Waals surface area contributed by atoms with Crippen LogP contribution in [0.25, 0.3) is 0 Å². The summed E-state index contributed by atoms with van der Waals surface area (Å²) in [6.07, 6.45) is 0. The van der Waals surface area contributed by atoms with Crippen LogP contribution < -0.4 is 10.6 Å². The SMILES string of the molecule is C/C(C(=O)O)=C(/C)C(=O)NC(=O)Nc1ccc(F)c(Br)c1. The number of benzene rings is 1. The van der Waals surface area contributed by atoms with Crippen molar-refractivity contribution in [1.82, 2.24) is 5.32 Å². The highest BCUT2D eigenvalue weighted by Gasteiger charge is 2.15. The van der Waals surface area contributed by atoms with Gasteiger partial charge in [0, 0.05) is 16.8 Å². The summed E-state index contributed by atoms with van der Waals surface area (Å²) in [4.78, 5) is 34.0. The molecule has 112 valence electrons. The molecule has 0 unspecified atom stereocenters. The Kier molecular flexibility index (Phi) is 5.60. The van der Waals surface area contributed by atoms with Gasteiger partial charge in [0.15, 0.2) is 0 Å². The van der Waals surface area contributed by atoms with Crippen LogP contribution in [-0.4, -0.2) is 23.0 Å². The van der Waals surface area contributed by atoms with Crippen molar-refractivity contribution in [2.45, 2.75) is 13.8 Å². The summed E-state index contributed by atoms with van der Waals surface area (Å²) >= 11 is 2.96. The van der Waals surface area contributed by atoms with Crippen LogP contribution in [0, 0.1) is 5.82 Å². The zero-order valence-electron chi connectivity index (χ0n) is 11.2. The van der Waals surface area contributed by atoms with Gasteiger partial charge in [-0.05, 0) is 48.0 Å². The van der Waals surface area contributed by atoms with E-state index in [4.69, 9.17) is 5.11 Å². The summed E-state index contributed by atoms with van der Waals surface area (Å²) in [6, 6.07) is 2.93. The third-order valence-electron chi connectivity index (χ3n) is 2.63. The molecular weight excluding hydrogens is 347 g/mol. The first kappa shape index (κ1) is 16.8. The molecule has 0 spiro atoms. The van der Waals surface area contributed by atoms with Crippen LogP contribution >= 0.6 is 15.9 Å². The Morgan fingerprint density at radius 2 is 1.81 bits per heavy atom. The van der Waals surface area contributed by atoms with E-state index in [0.717, 1.165) is 6.07 Å². The van der Waals surface area contributed by atoms with Gasteiger partial charge in [0.1, 0.15) is 5.82 Å². The molecule has 0 heterocycles. The number of carboxylic acid groups (broad SMARTS) is 1. The number of urea groups is 1. The van der Waals surface area contributed by atoms with Gasteiger partial charge in [-0.2, -0.15) is 0 Å². The maximum absolute atomic E-state index is 13.0. The van der Waals surface area contributed by atoms with E-state index in [1.807, 2.05) is 5.32 Å². The lowest BCUT2D eigenvalue weighted by molar-refractivity contribution is -0.133. The molecule has 0 aliphatic carbocycles. The second-order valence-corrected chi connectivity index (χ2v) is 4.95. The Bertz CT molecular complexity index is 643. The Hall–Kier alpha value is -2.22. The number of aliphatic carboxylic acids is 1. The number of anilines is 1. The van der Waals surface area contributed by atoms with Crippen LogP contribution in [0.5, 0.6) is 0 Å². The molecule has 1 aromatic rings. The summed E-state index contributed by atoms with van der Waals surface area (Å²) in [5, 5.41) is 13.1. The van der Waals surface area contributed by atoms with Gasteiger partial charge in [-0.15, -0.1) is 0 Å². The largest absolute Gasteiger partial charge is 0.478 e. The van der Waals surface area contributed by atoms with Crippen molar-refractivity contribution < 1.29 is 23.9 Å². The third kappa shape index (κ3) is 4.67. The van der Waals surface area contributed by atoms with E-state index in [0.29, 0.717) is 0 Å². The second-order valence-electron chi connectivity index (χ2n) is 4.09. The van der Waals surface area contributed by atoms with Crippen molar-refractivity contribution in [3.05, 3.63) is 39.6 Å². The molecule has 1 rings (SSSR count). The average molecular weight is 359 g/mol. The van der Waals surface area contributed by atoms with Gasteiger partial charge in [0.05, 0.1) is 4.47 Å². The highest BCUT2D eigenvalue weighted by atomic mass is 79.9. The number of carbonyl (C=O) groups excluding carboxylic acids is 2. The number of carbonyl (C=O) groups is 3. The monoisotopic (exact) mass is 358 g/mol. The topological polar surface area (TPSA) is 95.5 Å². The Labute approximate surface area is 128 Å². The first-order chi connectivity index (χ1) is 9.72. The minimum absolute atomic E-state index is 0.0852. The molecule has 0 radical (unpaired) electrons. The van der Waals surface area contributed by atoms with Crippen molar-refractivity contribution >= 4 is 39.5 Å². The minimum Gasteiger partial charge on any atom is -0.478 e. The summed E-state index contributed by atoms with van der Waals surface area (Å²) < 4.78 is 13.2. The highest BCUT2D eigenvalue weighted by Crippen LogP contribution is 2.19. The molecule has 0 aromatic heterocycles. The summed E-state index contributed by atoms with van der Waals surface area (Å²) in [7, 11) is 0. The van der Waals surface area contributed by atoms with Gasteiger partial charge < -0.3 is 10.4 Å². The summed E-state index contributed by atoms with van der Waals surface area (Å²) in [6.45, 7) is 2.55. The minimum atomic E-state index is -1.24. The molecule has 1 aromatic carbocycles. The first-order valence-corrected chi connectivity index (χ1v) is 6.49. The van der Waals surface area contributed by atoms with Gasteiger partial charge in [-0.25, -0.2) is 14.0 Å². The van der Waals surface area contributed by atoms with E-state index in [2.05, 4.69) is 21.2 Å². The molecule has 0 atom stereocenters. The molecular formula is C13H12BrFN2O4. The molecule has 3 amide bonds. The van der Waals surface area contributed by atoms with Crippen LogP contribution in [0.4, 0.5) is 14.9 Å². The number of hydrogen-bond donors (Lipinski definition) is 3. The van der Waals surface area contributed by atoms with Gasteiger partial charge in [0.2, 0.25) is 0 Å². The maximum atomic E-state index is 13.0. The average Bonchev–Trinajstić information content (AvgIpc) is 2.40. The zero-order chi connectivity index (χ0) is 16.2. The van der Waals surface area contributed by atoms with Crippen LogP contribution in [0.3, 0.4) is 0 Å². The number of rotatable bonds is 3. The van der Waals surface area contributed by atoms with Crippen molar-refractivity contribution in [2.75, 3.05) is 5.32 Å². The van der Waals surface area contributed by atoms with Crippen LogP contribution in [0.2, 0.25) is 0 Å². The Morgan fingerprint density at radius 1 is 1.19 bits per heavy atom. The van der Waals surface area contributed by atoms with Crippen molar-refractivity contribution in [1.29, 1.82) is 0 Å². The van der Waals surface area contributed by atoms with Gasteiger partial charge >= 0.3 is 12.0 Å². The number of imide groups is 1. The van der Waals surface area contributed by atoms with Crippen LogP contribution in [-0.2, 0) is 9.59 Å². The molecule has 0 saturated carbocycles. The molecule has 21 heavy (non-hydrogen) atoms. The van der Waals surface area contributed by atoms with Crippen molar-refractivity contribution in [3.8, 4) is 0 Å². The molecule has 6 nitrogen and oxygen atoms in total. The number of amides is 3. The molecule has 0 fully saturated rings. The fourth-order valence-corrected chi connectivity index (χ4v) is 1.64. The maximum Gasteiger partial charge on any atom is 0.331 e. The van der Waals surface area contributed by atoms with Crippen molar-refractivity contribution in [3.63, 3.8) is 0 Å². The van der Waals surface area contributed by atoms with E-state index in [1.54, 1.807) is 0 Å². The first-order valence-electron chi connectivity index (χ1n) is 5.70. The van der Waals surface area contributed by atoms with E-state index in [9.17, 15) is 18.8 Å². The van der Waals surface area contributed by atoms with E-state index < -0.39 is 23.7 Å². The predicted molar refractivity (Wildman–Crippen MR) is 77.3 cm³/mol. The number of halogens is 2. The lowest BCUT2D eigenvalue weighted by Gasteiger charge is -2.08. The second kappa shape index (κ2) is 6.98. The van der Waals surface area contributed by atoms with Gasteiger partial charge in [-0.1, -0.05) is 0 Å². The molecule has 0 aliphatic rings. The molecule has 0 saturated heterocycles. The quantitative estimate of drug-likeness (QED) is 0.723. The number of hydrogen-bond acceptors (Lipinski definition) is 3. The van der Waals surface area contributed by atoms with E-state index in [-0.39, 0.29) is 21.3 Å². The lowest BCUT2D eigenvalue weighted by Crippen LogP contribution is -2.35. The number of carboxylic acids is 1. The summed E-state index contributed by atoms with van der Waals surface area (Å²) in [5.41, 5.74) is 0.0212. The number of nitrogens with one attached hydrogen (secondary N) is 2. The molecule has 3 N–H and O–H groups in total. The summed E-state index contributed by atoms with van der Waals surface area (Å²) in [5.74, 6) is -2.56. The highest BCUT2D eigenvalue weighted by molar-refractivity contribution is 9.10. The van der Waals surface area contributed by atoms with Crippen LogP contribution in [0.1, 0.15) is 13.8 Å². The normalized spacial score (nSPS) is 11.4. The van der Waals surface area contributed by atoms with Crippen LogP contribution in [0.15, 0.2) is 33.8 Å². The fraction of sp³-hybridized carbons (Fsp3) is 0.154. The smallest absolute Gasteiger partial charge is 0.331 e. The van der Waals surface area contributed by atoms with Crippen molar-refractivity contribution in [2.24, 2.45) is 0 Å². The lowest BCUT2D eigenvalue weighted by atomic mass is 10.1.